The zero-order chi connectivity index (χ0) is 15.0. The summed E-state index contributed by atoms with van der Waals surface area (Å²) in [4.78, 5) is 13.2. The van der Waals surface area contributed by atoms with Crippen LogP contribution in [0.1, 0.15) is 39.2 Å². The molecule has 0 fully saturated rings. The summed E-state index contributed by atoms with van der Waals surface area (Å²) in [6, 6.07) is 5.30. The van der Waals surface area contributed by atoms with E-state index in [1.165, 1.54) is 0 Å². The smallest absolute Gasteiger partial charge is 0.292 e. The Labute approximate surface area is 121 Å². The van der Waals surface area contributed by atoms with E-state index in [0.29, 0.717) is 12.2 Å². The van der Waals surface area contributed by atoms with Crippen LogP contribution in [-0.2, 0) is 6.54 Å². The van der Waals surface area contributed by atoms with Gasteiger partial charge in [0, 0.05) is 19.2 Å². The number of nitro groups is 1. The molecule has 20 heavy (non-hydrogen) atoms. The number of para-hydroxylation sites is 1. The maximum atomic E-state index is 11.1. The molecule has 112 valence electrons. The van der Waals surface area contributed by atoms with Crippen molar-refractivity contribution in [3.63, 3.8) is 0 Å². The van der Waals surface area contributed by atoms with E-state index in [4.69, 9.17) is 0 Å². The predicted octanol–water partition coefficient (Wildman–Crippen LogP) is 3.65. The molecule has 0 unspecified atom stereocenters. The molecule has 0 aromatic heterocycles. The van der Waals surface area contributed by atoms with Crippen molar-refractivity contribution in [3.8, 4) is 0 Å². The molecule has 0 atom stereocenters. The number of nitro benzene ring substituents is 1. The quantitative estimate of drug-likeness (QED) is 0.553. The van der Waals surface area contributed by atoms with E-state index < -0.39 is 0 Å². The van der Waals surface area contributed by atoms with E-state index in [2.05, 4.69) is 24.1 Å². The first-order valence-electron chi connectivity index (χ1n) is 7.36. The Balaban J connectivity index is 3.02. The van der Waals surface area contributed by atoms with Gasteiger partial charge in [-0.25, -0.2) is 0 Å². The van der Waals surface area contributed by atoms with E-state index in [9.17, 15) is 10.1 Å². The minimum atomic E-state index is -0.314. The third-order valence-electron chi connectivity index (χ3n) is 3.15. The third kappa shape index (κ3) is 4.49. The molecule has 1 aromatic rings. The minimum Gasteiger partial charge on any atom is -0.380 e. The minimum absolute atomic E-state index is 0.164. The van der Waals surface area contributed by atoms with Crippen LogP contribution in [0.2, 0.25) is 0 Å². The Morgan fingerprint density at radius 2 is 1.85 bits per heavy atom. The van der Waals surface area contributed by atoms with E-state index in [0.717, 1.165) is 38.0 Å². The van der Waals surface area contributed by atoms with Crippen molar-refractivity contribution in [1.29, 1.82) is 0 Å². The van der Waals surface area contributed by atoms with E-state index in [-0.39, 0.29) is 10.6 Å². The molecule has 0 aliphatic heterocycles. The number of hydrogen-bond donors (Lipinski definition) is 1. The summed E-state index contributed by atoms with van der Waals surface area (Å²) in [5.74, 6) is 0. The van der Waals surface area contributed by atoms with E-state index in [1.54, 1.807) is 12.1 Å². The maximum absolute atomic E-state index is 11.1. The lowest BCUT2D eigenvalue weighted by atomic mass is 10.1. The van der Waals surface area contributed by atoms with Crippen LogP contribution in [0.15, 0.2) is 18.2 Å². The molecule has 5 nitrogen and oxygen atoms in total. The van der Waals surface area contributed by atoms with Gasteiger partial charge in [-0.1, -0.05) is 26.0 Å². The summed E-state index contributed by atoms with van der Waals surface area (Å²) in [6.07, 6.45) is 2.18. The van der Waals surface area contributed by atoms with Gasteiger partial charge in [-0.2, -0.15) is 0 Å². The van der Waals surface area contributed by atoms with E-state index in [1.807, 2.05) is 13.0 Å². The summed E-state index contributed by atoms with van der Waals surface area (Å²) < 4.78 is 0. The number of hydrogen-bond acceptors (Lipinski definition) is 4. The molecule has 0 spiro atoms. The first-order chi connectivity index (χ1) is 9.63. The van der Waals surface area contributed by atoms with Crippen LogP contribution in [0.5, 0.6) is 0 Å². The van der Waals surface area contributed by atoms with Crippen LogP contribution in [0.4, 0.5) is 11.4 Å². The molecule has 5 heteroatoms. The Morgan fingerprint density at radius 3 is 2.35 bits per heavy atom. The fourth-order valence-electron chi connectivity index (χ4n) is 2.39. The van der Waals surface area contributed by atoms with Crippen LogP contribution < -0.4 is 5.32 Å². The van der Waals surface area contributed by atoms with Gasteiger partial charge in [0.2, 0.25) is 0 Å². The molecule has 0 saturated heterocycles. The second kappa shape index (κ2) is 8.53. The number of nitrogens with zero attached hydrogens (tertiary/aromatic N) is 2. The molecule has 0 amide bonds. The lowest BCUT2D eigenvalue weighted by Crippen LogP contribution is -2.25. The van der Waals surface area contributed by atoms with Gasteiger partial charge in [-0.05, 0) is 38.4 Å². The van der Waals surface area contributed by atoms with Gasteiger partial charge in [0.05, 0.1) is 4.92 Å². The fourth-order valence-corrected chi connectivity index (χ4v) is 2.39. The molecule has 0 bridgehead atoms. The topological polar surface area (TPSA) is 58.4 Å². The molecule has 0 saturated carbocycles. The standard InChI is InChI=1S/C15H25N3O2/c1-4-10-17(11-5-2)12-13-8-7-9-14(18(19)20)15(13)16-6-3/h7-9,16H,4-6,10-12H2,1-3H3. The van der Waals surface area contributed by atoms with Gasteiger partial charge in [-0.15, -0.1) is 0 Å². The Hall–Kier alpha value is -1.62. The molecular weight excluding hydrogens is 254 g/mol. The summed E-state index contributed by atoms with van der Waals surface area (Å²) in [7, 11) is 0. The predicted molar refractivity (Wildman–Crippen MR) is 83.1 cm³/mol. The van der Waals surface area contributed by atoms with Crippen LogP contribution in [0, 0.1) is 10.1 Å². The lowest BCUT2D eigenvalue weighted by molar-refractivity contribution is -0.384. The van der Waals surface area contributed by atoms with Crippen molar-refractivity contribution in [2.75, 3.05) is 25.0 Å². The normalized spacial score (nSPS) is 10.8. The zero-order valence-electron chi connectivity index (χ0n) is 12.7. The SMILES string of the molecule is CCCN(CCC)Cc1cccc([N+](=O)[O-])c1NCC. The van der Waals surface area contributed by atoms with Crippen molar-refractivity contribution in [3.05, 3.63) is 33.9 Å². The van der Waals surface area contributed by atoms with Gasteiger partial charge in [0.1, 0.15) is 5.69 Å². The maximum Gasteiger partial charge on any atom is 0.292 e. The summed E-state index contributed by atoms with van der Waals surface area (Å²) >= 11 is 0. The van der Waals surface area contributed by atoms with Crippen molar-refractivity contribution >= 4 is 11.4 Å². The molecule has 0 aliphatic carbocycles. The third-order valence-corrected chi connectivity index (χ3v) is 3.15. The molecule has 1 N–H and O–H groups in total. The number of anilines is 1. The largest absolute Gasteiger partial charge is 0.380 e. The Bertz CT molecular complexity index is 429. The highest BCUT2D eigenvalue weighted by Gasteiger charge is 2.18. The Morgan fingerprint density at radius 1 is 1.20 bits per heavy atom. The van der Waals surface area contributed by atoms with Crippen LogP contribution in [0.25, 0.3) is 0 Å². The number of benzene rings is 1. The molecule has 1 rings (SSSR count). The lowest BCUT2D eigenvalue weighted by Gasteiger charge is -2.22. The highest BCUT2D eigenvalue weighted by Crippen LogP contribution is 2.29. The monoisotopic (exact) mass is 279 g/mol. The van der Waals surface area contributed by atoms with Gasteiger partial charge >= 0.3 is 0 Å². The number of nitrogens with one attached hydrogen (secondary N) is 1. The second-order valence-electron chi connectivity index (χ2n) is 4.87. The van der Waals surface area contributed by atoms with Crippen LogP contribution in [0.3, 0.4) is 0 Å². The average molecular weight is 279 g/mol. The van der Waals surface area contributed by atoms with Gasteiger partial charge in [0.25, 0.3) is 5.69 Å². The molecule has 0 aliphatic rings. The number of rotatable bonds is 9. The van der Waals surface area contributed by atoms with Crippen LogP contribution in [-0.4, -0.2) is 29.5 Å². The molecule has 1 aromatic carbocycles. The summed E-state index contributed by atoms with van der Waals surface area (Å²) in [5.41, 5.74) is 1.83. The van der Waals surface area contributed by atoms with Gasteiger partial charge in [0.15, 0.2) is 0 Å². The van der Waals surface area contributed by atoms with Crippen molar-refractivity contribution in [1.82, 2.24) is 4.90 Å². The van der Waals surface area contributed by atoms with Crippen molar-refractivity contribution in [2.45, 2.75) is 40.2 Å². The summed E-state index contributed by atoms with van der Waals surface area (Å²) in [5, 5.41) is 14.3. The van der Waals surface area contributed by atoms with Crippen molar-refractivity contribution in [2.24, 2.45) is 0 Å². The highest BCUT2D eigenvalue weighted by molar-refractivity contribution is 5.66. The fraction of sp³-hybridized carbons (Fsp3) is 0.600. The first-order valence-corrected chi connectivity index (χ1v) is 7.36. The molecule has 0 heterocycles. The van der Waals surface area contributed by atoms with Crippen molar-refractivity contribution < 1.29 is 4.92 Å². The molecular formula is C15H25N3O2. The van der Waals surface area contributed by atoms with Gasteiger partial charge < -0.3 is 5.32 Å². The second-order valence-corrected chi connectivity index (χ2v) is 4.87. The highest BCUT2D eigenvalue weighted by atomic mass is 16.6. The Kier molecular flexibility index (Phi) is 7.01. The summed E-state index contributed by atoms with van der Waals surface area (Å²) in [6.45, 7) is 9.73. The molecule has 0 radical (unpaired) electrons. The first kappa shape index (κ1) is 16.4. The average Bonchev–Trinajstić information content (AvgIpc) is 2.41. The zero-order valence-corrected chi connectivity index (χ0v) is 12.7. The van der Waals surface area contributed by atoms with E-state index >= 15 is 0 Å². The van der Waals surface area contributed by atoms with Crippen LogP contribution >= 0.6 is 0 Å². The van der Waals surface area contributed by atoms with Gasteiger partial charge in [-0.3, -0.25) is 15.0 Å².